The molecule has 0 saturated heterocycles. The molecule has 0 aliphatic heterocycles. The van der Waals surface area contributed by atoms with Crippen molar-refractivity contribution in [3.8, 4) is 0 Å². The van der Waals surface area contributed by atoms with E-state index in [1.54, 1.807) is 0 Å². The zero-order chi connectivity index (χ0) is 5.70. The summed E-state index contributed by atoms with van der Waals surface area (Å²) in [7, 11) is 0. The van der Waals surface area contributed by atoms with Crippen LogP contribution in [0.3, 0.4) is 0 Å². The zero-order valence-corrected chi connectivity index (χ0v) is 6.08. The van der Waals surface area contributed by atoms with Crippen molar-refractivity contribution >= 4 is 12.4 Å². The molecular weight excluding hydrogens is 124 g/mol. The van der Waals surface area contributed by atoms with Crippen LogP contribution < -0.4 is 11.5 Å². The molecule has 1 atom stereocenters. The predicted octanol–water partition coefficient (Wildman–Crippen LogP) is 0.494. The highest BCUT2D eigenvalue weighted by atomic mass is 35.5. The van der Waals surface area contributed by atoms with E-state index in [0.717, 1.165) is 12.8 Å². The maximum absolute atomic E-state index is 5.46. The monoisotopic (exact) mass is 138 g/mol. The van der Waals surface area contributed by atoms with E-state index in [0.29, 0.717) is 6.54 Å². The van der Waals surface area contributed by atoms with Gasteiger partial charge in [-0.05, 0) is 6.42 Å². The summed E-state index contributed by atoms with van der Waals surface area (Å²) in [5.74, 6) is 0. The molecule has 0 radical (unpaired) electrons. The summed E-state index contributed by atoms with van der Waals surface area (Å²) in [6.07, 6.45) is 2.19. The fourth-order valence-electron chi connectivity index (χ4n) is 0.489. The van der Waals surface area contributed by atoms with E-state index >= 15 is 0 Å². The third-order valence-corrected chi connectivity index (χ3v) is 0.962. The Hall–Kier alpha value is 0.210. The van der Waals surface area contributed by atoms with Crippen molar-refractivity contribution < 1.29 is 0 Å². The van der Waals surface area contributed by atoms with E-state index < -0.39 is 0 Å². The first-order valence-electron chi connectivity index (χ1n) is 2.77. The molecule has 0 rings (SSSR count). The van der Waals surface area contributed by atoms with Crippen LogP contribution in [-0.2, 0) is 0 Å². The minimum absolute atomic E-state index is 0. The highest BCUT2D eigenvalue weighted by Crippen LogP contribution is 1.88. The number of nitrogens with two attached hydrogens (primary N) is 2. The SMILES string of the molecule is CCC[C@H](N)CN.Cl. The lowest BCUT2D eigenvalue weighted by Crippen LogP contribution is -2.28. The average molecular weight is 139 g/mol. The third kappa shape index (κ3) is 6.21. The van der Waals surface area contributed by atoms with Crippen LogP contribution in [0.15, 0.2) is 0 Å². The molecule has 0 fully saturated rings. The summed E-state index contributed by atoms with van der Waals surface area (Å²) in [6.45, 7) is 2.73. The molecule has 0 bridgehead atoms. The van der Waals surface area contributed by atoms with Crippen LogP contribution in [0.1, 0.15) is 19.8 Å². The second-order valence-electron chi connectivity index (χ2n) is 1.78. The van der Waals surface area contributed by atoms with E-state index in [1.807, 2.05) is 0 Å². The van der Waals surface area contributed by atoms with Gasteiger partial charge < -0.3 is 11.5 Å². The van der Waals surface area contributed by atoms with Gasteiger partial charge >= 0.3 is 0 Å². The normalized spacial score (nSPS) is 12.4. The minimum atomic E-state index is 0. The summed E-state index contributed by atoms with van der Waals surface area (Å²) >= 11 is 0. The zero-order valence-electron chi connectivity index (χ0n) is 5.26. The van der Waals surface area contributed by atoms with Gasteiger partial charge in [-0.2, -0.15) is 0 Å². The van der Waals surface area contributed by atoms with Crippen LogP contribution >= 0.6 is 12.4 Å². The number of hydrogen-bond acceptors (Lipinski definition) is 2. The molecule has 0 spiro atoms. The lowest BCUT2D eigenvalue weighted by Gasteiger charge is -2.03. The summed E-state index contributed by atoms with van der Waals surface area (Å²) < 4.78 is 0. The van der Waals surface area contributed by atoms with Gasteiger partial charge in [0.05, 0.1) is 0 Å². The van der Waals surface area contributed by atoms with Gasteiger partial charge in [0.25, 0.3) is 0 Å². The Morgan fingerprint density at radius 3 is 2.12 bits per heavy atom. The number of rotatable bonds is 3. The summed E-state index contributed by atoms with van der Waals surface area (Å²) in [5, 5.41) is 0. The van der Waals surface area contributed by atoms with E-state index in [2.05, 4.69) is 6.92 Å². The molecule has 8 heavy (non-hydrogen) atoms. The Balaban J connectivity index is 0. The maximum Gasteiger partial charge on any atom is 0.0162 e. The van der Waals surface area contributed by atoms with Gasteiger partial charge in [0, 0.05) is 12.6 Å². The fraction of sp³-hybridized carbons (Fsp3) is 1.00. The smallest absolute Gasteiger partial charge is 0.0162 e. The molecule has 0 heterocycles. The van der Waals surface area contributed by atoms with E-state index in [9.17, 15) is 0 Å². The molecule has 0 aromatic rings. The van der Waals surface area contributed by atoms with Gasteiger partial charge in [0.1, 0.15) is 0 Å². The summed E-state index contributed by atoms with van der Waals surface area (Å²) in [4.78, 5) is 0. The van der Waals surface area contributed by atoms with Crippen LogP contribution in [-0.4, -0.2) is 12.6 Å². The molecule has 2 nitrogen and oxygen atoms in total. The Kier molecular flexibility index (Phi) is 9.97. The molecule has 0 saturated carbocycles. The van der Waals surface area contributed by atoms with Crippen molar-refractivity contribution in [2.45, 2.75) is 25.8 Å². The molecule has 0 aromatic heterocycles. The van der Waals surface area contributed by atoms with Gasteiger partial charge in [-0.3, -0.25) is 0 Å². The molecule has 0 aliphatic rings. The molecule has 0 amide bonds. The second kappa shape index (κ2) is 7.21. The average Bonchev–Trinajstić information content (AvgIpc) is 1.68. The fourth-order valence-corrected chi connectivity index (χ4v) is 0.489. The van der Waals surface area contributed by atoms with Gasteiger partial charge in [-0.1, -0.05) is 13.3 Å². The number of hydrogen-bond donors (Lipinski definition) is 2. The standard InChI is InChI=1S/C5H14N2.ClH/c1-2-3-5(7)4-6;/h5H,2-4,6-7H2,1H3;1H/t5-;/m0./s1. The lowest BCUT2D eigenvalue weighted by atomic mass is 10.2. The van der Waals surface area contributed by atoms with Gasteiger partial charge in [-0.15, -0.1) is 12.4 Å². The highest BCUT2D eigenvalue weighted by molar-refractivity contribution is 5.85. The van der Waals surface area contributed by atoms with Gasteiger partial charge in [-0.25, -0.2) is 0 Å². The van der Waals surface area contributed by atoms with Crippen molar-refractivity contribution in [1.82, 2.24) is 0 Å². The highest BCUT2D eigenvalue weighted by Gasteiger charge is 1.93. The Morgan fingerprint density at radius 1 is 1.50 bits per heavy atom. The van der Waals surface area contributed by atoms with Gasteiger partial charge in [0.2, 0.25) is 0 Å². The molecule has 4 N–H and O–H groups in total. The lowest BCUT2D eigenvalue weighted by molar-refractivity contribution is 0.612. The minimum Gasteiger partial charge on any atom is -0.329 e. The topological polar surface area (TPSA) is 52.0 Å². The molecular formula is C5H15ClN2. The first kappa shape index (κ1) is 11.1. The predicted molar refractivity (Wildman–Crippen MR) is 39.2 cm³/mol. The van der Waals surface area contributed by atoms with E-state index in [1.165, 1.54) is 0 Å². The number of halogens is 1. The van der Waals surface area contributed by atoms with Crippen molar-refractivity contribution in [2.24, 2.45) is 11.5 Å². The van der Waals surface area contributed by atoms with Crippen LogP contribution in [0.5, 0.6) is 0 Å². The van der Waals surface area contributed by atoms with E-state index in [4.69, 9.17) is 11.5 Å². The van der Waals surface area contributed by atoms with Crippen molar-refractivity contribution in [2.75, 3.05) is 6.54 Å². The quantitative estimate of drug-likeness (QED) is 0.597. The molecule has 3 heteroatoms. The molecule has 52 valence electrons. The first-order valence-corrected chi connectivity index (χ1v) is 2.77. The largest absolute Gasteiger partial charge is 0.329 e. The Bertz CT molecular complexity index is 41.4. The van der Waals surface area contributed by atoms with Crippen molar-refractivity contribution in [3.63, 3.8) is 0 Å². The third-order valence-electron chi connectivity index (χ3n) is 0.962. The van der Waals surface area contributed by atoms with Crippen LogP contribution in [0.2, 0.25) is 0 Å². The Morgan fingerprint density at radius 2 is 2.00 bits per heavy atom. The summed E-state index contributed by atoms with van der Waals surface area (Å²) in [6, 6.07) is 0.227. The molecule has 0 aromatic carbocycles. The van der Waals surface area contributed by atoms with Crippen molar-refractivity contribution in [1.29, 1.82) is 0 Å². The molecule has 0 unspecified atom stereocenters. The Labute approximate surface area is 57.0 Å². The van der Waals surface area contributed by atoms with Crippen molar-refractivity contribution in [3.05, 3.63) is 0 Å². The molecule has 0 aliphatic carbocycles. The second-order valence-corrected chi connectivity index (χ2v) is 1.78. The first-order chi connectivity index (χ1) is 3.31. The van der Waals surface area contributed by atoms with Gasteiger partial charge in [0.15, 0.2) is 0 Å². The summed E-state index contributed by atoms with van der Waals surface area (Å²) in [5.41, 5.74) is 10.7. The van der Waals surface area contributed by atoms with E-state index in [-0.39, 0.29) is 18.4 Å². The maximum atomic E-state index is 5.46. The van der Waals surface area contributed by atoms with Crippen LogP contribution in [0, 0.1) is 0 Å². The van der Waals surface area contributed by atoms with Crippen LogP contribution in [0.4, 0.5) is 0 Å². The van der Waals surface area contributed by atoms with Crippen LogP contribution in [0.25, 0.3) is 0 Å².